The lowest BCUT2D eigenvalue weighted by molar-refractivity contribution is -0.115. The molecule has 2 aromatic rings. The highest BCUT2D eigenvalue weighted by Gasteiger charge is 2.03. The van der Waals surface area contributed by atoms with Crippen molar-refractivity contribution in [1.82, 2.24) is 0 Å². The maximum Gasteiger partial charge on any atom is 0.228 e. The summed E-state index contributed by atoms with van der Waals surface area (Å²) in [7, 11) is 0. The van der Waals surface area contributed by atoms with Crippen molar-refractivity contribution in [3.63, 3.8) is 0 Å². The Hall–Kier alpha value is -2.09. The highest BCUT2D eigenvalue weighted by molar-refractivity contribution is 5.92. The van der Waals surface area contributed by atoms with Gasteiger partial charge in [0.2, 0.25) is 5.91 Å². The summed E-state index contributed by atoms with van der Waals surface area (Å²) in [5.74, 6) is 0.0214. The lowest BCUT2D eigenvalue weighted by atomic mass is 10.1. The van der Waals surface area contributed by atoms with Gasteiger partial charge in [0, 0.05) is 5.69 Å². The van der Waals surface area contributed by atoms with E-state index in [0.29, 0.717) is 6.42 Å². The van der Waals surface area contributed by atoms with Crippen LogP contribution in [0.3, 0.4) is 0 Å². The normalized spacial score (nSPS) is 10.2. The molecule has 19 heavy (non-hydrogen) atoms. The van der Waals surface area contributed by atoms with Crippen LogP contribution < -0.4 is 5.32 Å². The van der Waals surface area contributed by atoms with E-state index in [1.807, 2.05) is 55.5 Å². The molecule has 2 rings (SSSR count). The van der Waals surface area contributed by atoms with Crippen LogP contribution in [-0.4, -0.2) is 5.91 Å². The number of hydrogen-bond donors (Lipinski definition) is 1. The lowest BCUT2D eigenvalue weighted by Gasteiger charge is -2.06. The van der Waals surface area contributed by atoms with E-state index in [9.17, 15) is 4.79 Å². The molecule has 0 saturated carbocycles. The maximum absolute atomic E-state index is 11.9. The SMILES string of the molecule is CCc1ccc(NC(=O)Cc2ccc(C)cc2)cc1. The van der Waals surface area contributed by atoms with Crippen molar-refractivity contribution in [2.24, 2.45) is 0 Å². The quantitative estimate of drug-likeness (QED) is 0.883. The van der Waals surface area contributed by atoms with Crippen molar-refractivity contribution in [2.75, 3.05) is 5.32 Å². The molecule has 98 valence electrons. The van der Waals surface area contributed by atoms with E-state index in [1.54, 1.807) is 0 Å². The Balaban J connectivity index is 1.95. The zero-order valence-corrected chi connectivity index (χ0v) is 11.4. The fourth-order valence-electron chi connectivity index (χ4n) is 1.92. The van der Waals surface area contributed by atoms with Gasteiger partial charge in [-0.3, -0.25) is 4.79 Å². The van der Waals surface area contributed by atoms with E-state index >= 15 is 0 Å². The first-order chi connectivity index (χ1) is 9.17. The van der Waals surface area contributed by atoms with Crippen molar-refractivity contribution in [3.05, 3.63) is 65.2 Å². The van der Waals surface area contributed by atoms with Crippen molar-refractivity contribution in [2.45, 2.75) is 26.7 Å². The van der Waals surface area contributed by atoms with Crippen molar-refractivity contribution in [1.29, 1.82) is 0 Å². The molecule has 0 atom stereocenters. The molecule has 1 amide bonds. The van der Waals surface area contributed by atoms with Crippen LogP contribution in [-0.2, 0) is 17.6 Å². The monoisotopic (exact) mass is 253 g/mol. The zero-order chi connectivity index (χ0) is 13.7. The van der Waals surface area contributed by atoms with E-state index in [1.165, 1.54) is 11.1 Å². The minimum atomic E-state index is 0.0214. The number of benzene rings is 2. The second-order valence-corrected chi connectivity index (χ2v) is 4.76. The van der Waals surface area contributed by atoms with Gasteiger partial charge in [-0.1, -0.05) is 48.9 Å². The molecule has 0 bridgehead atoms. The highest BCUT2D eigenvalue weighted by atomic mass is 16.1. The number of amides is 1. The van der Waals surface area contributed by atoms with E-state index in [0.717, 1.165) is 17.7 Å². The molecule has 0 unspecified atom stereocenters. The summed E-state index contributed by atoms with van der Waals surface area (Å²) in [4.78, 5) is 11.9. The molecular weight excluding hydrogens is 234 g/mol. The van der Waals surface area contributed by atoms with E-state index < -0.39 is 0 Å². The van der Waals surface area contributed by atoms with Crippen molar-refractivity contribution < 1.29 is 4.79 Å². The van der Waals surface area contributed by atoms with Gasteiger partial charge in [0.05, 0.1) is 6.42 Å². The number of anilines is 1. The van der Waals surface area contributed by atoms with Gasteiger partial charge >= 0.3 is 0 Å². The molecule has 2 nitrogen and oxygen atoms in total. The molecule has 2 aromatic carbocycles. The molecule has 0 fully saturated rings. The van der Waals surface area contributed by atoms with Gasteiger partial charge < -0.3 is 5.32 Å². The van der Waals surface area contributed by atoms with Gasteiger partial charge in [-0.05, 0) is 36.6 Å². The zero-order valence-electron chi connectivity index (χ0n) is 11.4. The third kappa shape index (κ3) is 3.95. The van der Waals surface area contributed by atoms with E-state index in [2.05, 4.69) is 12.2 Å². The second-order valence-electron chi connectivity index (χ2n) is 4.76. The predicted molar refractivity (Wildman–Crippen MR) is 79.3 cm³/mol. The summed E-state index contributed by atoms with van der Waals surface area (Å²) in [6.45, 7) is 4.16. The van der Waals surface area contributed by atoms with Gasteiger partial charge in [-0.2, -0.15) is 0 Å². The minimum Gasteiger partial charge on any atom is -0.326 e. The van der Waals surface area contributed by atoms with Crippen LogP contribution in [0.25, 0.3) is 0 Å². The number of aryl methyl sites for hydroxylation is 2. The van der Waals surface area contributed by atoms with Crippen LogP contribution in [0, 0.1) is 6.92 Å². The summed E-state index contributed by atoms with van der Waals surface area (Å²) in [5.41, 5.74) is 4.37. The molecule has 2 heteroatoms. The number of rotatable bonds is 4. The summed E-state index contributed by atoms with van der Waals surface area (Å²) in [6, 6.07) is 16.0. The Morgan fingerprint density at radius 1 is 0.947 bits per heavy atom. The molecule has 1 N–H and O–H groups in total. The summed E-state index contributed by atoms with van der Waals surface area (Å²) in [5, 5.41) is 2.92. The first-order valence-electron chi connectivity index (χ1n) is 6.61. The first-order valence-corrected chi connectivity index (χ1v) is 6.61. The summed E-state index contributed by atoms with van der Waals surface area (Å²) < 4.78 is 0. The molecule has 0 radical (unpaired) electrons. The lowest BCUT2D eigenvalue weighted by Crippen LogP contribution is -2.14. The smallest absolute Gasteiger partial charge is 0.228 e. The third-order valence-corrected chi connectivity index (χ3v) is 3.13. The fourth-order valence-corrected chi connectivity index (χ4v) is 1.92. The minimum absolute atomic E-state index is 0.0214. The van der Waals surface area contributed by atoms with Crippen molar-refractivity contribution in [3.8, 4) is 0 Å². The maximum atomic E-state index is 11.9. The van der Waals surface area contributed by atoms with Crippen LogP contribution in [0.5, 0.6) is 0 Å². The molecular formula is C17H19NO. The Labute approximate surface area is 114 Å². The topological polar surface area (TPSA) is 29.1 Å². The standard InChI is InChI=1S/C17H19NO/c1-3-14-8-10-16(11-9-14)18-17(19)12-15-6-4-13(2)5-7-15/h4-11H,3,12H2,1-2H3,(H,18,19). The predicted octanol–water partition coefficient (Wildman–Crippen LogP) is 3.74. The molecule has 0 spiro atoms. The number of nitrogens with one attached hydrogen (secondary N) is 1. The Morgan fingerprint density at radius 2 is 1.53 bits per heavy atom. The van der Waals surface area contributed by atoms with Gasteiger partial charge in [-0.15, -0.1) is 0 Å². The average Bonchev–Trinajstić information content (AvgIpc) is 2.42. The van der Waals surface area contributed by atoms with Crippen LogP contribution >= 0.6 is 0 Å². The summed E-state index contributed by atoms with van der Waals surface area (Å²) in [6.07, 6.45) is 1.42. The van der Waals surface area contributed by atoms with Crippen LogP contribution in [0.1, 0.15) is 23.6 Å². The van der Waals surface area contributed by atoms with Gasteiger partial charge in [0.25, 0.3) is 0 Å². The van der Waals surface area contributed by atoms with Gasteiger partial charge in [-0.25, -0.2) is 0 Å². The molecule has 0 aromatic heterocycles. The molecule has 0 saturated heterocycles. The average molecular weight is 253 g/mol. The van der Waals surface area contributed by atoms with Gasteiger partial charge in [0.15, 0.2) is 0 Å². The van der Waals surface area contributed by atoms with E-state index in [4.69, 9.17) is 0 Å². The van der Waals surface area contributed by atoms with Crippen LogP contribution in [0.15, 0.2) is 48.5 Å². The number of hydrogen-bond acceptors (Lipinski definition) is 1. The molecule has 0 aliphatic heterocycles. The van der Waals surface area contributed by atoms with Crippen molar-refractivity contribution >= 4 is 11.6 Å². The van der Waals surface area contributed by atoms with E-state index in [-0.39, 0.29) is 5.91 Å². The second kappa shape index (κ2) is 6.19. The van der Waals surface area contributed by atoms with Crippen LogP contribution in [0.2, 0.25) is 0 Å². The first kappa shape index (κ1) is 13.3. The Bertz CT molecular complexity index is 540. The molecule has 0 aliphatic rings. The Morgan fingerprint density at radius 3 is 2.11 bits per heavy atom. The molecule has 0 aliphatic carbocycles. The van der Waals surface area contributed by atoms with Crippen LogP contribution in [0.4, 0.5) is 5.69 Å². The fraction of sp³-hybridized carbons (Fsp3) is 0.235. The van der Waals surface area contributed by atoms with Gasteiger partial charge in [0.1, 0.15) is 0 Å². The largest absolute Gasteiger partial charge is 0.326 e. The highest BCUT2D eigenvalue weighted by Crippen LogP contribution is 2.11. The number of carbonyl (C=O) groups is 1. The molecule has 0 heterocycles. The third-order valence-electron chi connectivity index (χ3n) is 3.13. The number of carbonyl (C=O) groups excluding carboxylic acids is 1. The summed E-state index contributed by atoms with van der Waals surface area (Å²) >= 11 is 0. The Kier molecular flexibility index (Phi) is 4.35.